The number of rotatable bonds is 11. The maximum absolute atomic E-state index is 13.8. The van der Waals surface area contributed by atoms with E-state index in [-0.39, 0.29) is 36.2 Å². The Balaban J connectivity index is 1.15. The Morgan fingerprint density at radius 2 is 1.57 bits per heavy atom. The highest BCUT2D eigenvalue weighted by atomic mass is 16.4. The van der Waals surface area contributed by atoms with Gasteiger partial charge in [0.05, 0.1) is 19.1 Å². The number of carbonyl (C=O) groups is 1. The molecule has 0 saturated heterocycles. The molecule has 6 aliphatic rings. The SMILES string of the molecule is O=C(O)[C@H]1[C@H](CO)/C=C2\CC[C@](c3ccc(O)cc3)(Cc3cccc(c3)[C@@]13CC[C@@H]1C=c4ccccc4=C(O)[C@@H]1C3)[C@H](CCCCCC[C@@H]1C=C(CO)CC1)C2. The quantitative estimate of drug-likeness (QED) is 0.0991. The standard InChI is InChI=1S/C50H60O6/c51-31-36-15-14-33(24-36)8-3-1-2-4-11-41-26-34-20-22-49(41,40-16-18-43(53)19-17-40)29-35-9-7-12-42(27-35)50(46(48(55)56)39(25-34)32-52)23-21-38-28-37-10-5-6-13-44(37)47(54)45(38)30-50/h5-7,9-10,12-13,16-19,24-25,27-28,33,38-39,41,45-46,51-54H,1-4,8,11,14-15,20-23,26,29-32H2,(H,55,56)/b34-25+/t33-,38+,39-,41+,45+,46+,49+,50-/m0/s1. The molecule has 6 nitrogen and oxygen atoms in total. The number of phenolic OH excluding ortho intramolecular Hbond substituents is 1. The molecule has 4 bridgehead atoms. The van der Waals surface area contributed by atoms with Crippen molar-refractivity contribution in [3.05, 3.63) is 123 Å². The van der Waals surface area contributed by atoms with Gasteiger partial charge in [0.25, 0.3) is 0 Å². The van der Waals surface area contributed by atoms with Crippen molar-refractivity contribution in [1.29, 1.82) is 0 Å². The number of carboxylic acids is 1. The molecule has 8 atom stereocenters. The van der Waals surface area contributed by atoms with Crippen LogP contribution < -0.4 is 10.4 Å². The van der Waals surface area contributed by atoms with Crippen LogP contribution in [-0.2, 0) is 22.0 Å². The minimum absolute atomic E-state index is 0.119. The van der Waals surface area contributed by atoms with Crippen molar-refractivity contribution >= 4 is 17.8 Å². The lowest BCUT2D eigenvalue weighted by Gasteiger charge is -2.51. The van der Waals surface area contributed by atoms with Gasteiger partial charge in [-0.05, 0) is 128 Å². The molecule has 0 aromatic heterocycles. The predicted molar refractivity (Wildman–Crippen MR) is 221 cm³/mol. The third kappa shape index (κ3) is 7.40. The first-order valence-electron chi connectivity index (χ1n) is 21.5. The zero-order valence-corrected chi connectivity index (χ0v) is 32.8. The first-order chi connectivity index (χ1) is 27.2. The van der Waals surface area contributed by atoms with Crippen LogP contribution in [0.1, 0.15) is 107 Å². The molecule has 9 rings (SSSR count). The van der Waals surface area contributed by atoms with Crippen molar-refractivity contribution in [2.45, 2.75) is 107 Å². The fourth-order valence-corrected chi connectivity index (χ4v) is 12.2. The number of benzene rings is 3. The Morgan fingerprint density at radius 3 is 2.34 bits per heavy atom. The third-order valence-electron chi connectivity index (χ3n) is 15.0. The monoisotopic (exact) mass is 756 g/mol. The molecule has 1 spiro atoms. The van der Waals surface area contributed by atoms with Crippen LogP contribution in [-0.4, -0.2) is 44.7 Å². The molecule has 56 heavy (non-hydrogen) atoms. The molecule has 0 aliphatic heterocycles. The highest BCUT2D eigenvalue weighted by Crippen LogP contribution is 2.56. The molecular weight excluding hydrogens is 697 g/mol. The summed E-state index contributed by atoms with van der Waals surface area (Å²) in [6.07, 6.45) is 21.2. The Hall–Kier alpha value is -4.13. The Bertz CT molecular complexity index is 2080. The summed E-state index contributed by atoms with van der Waals surface area (Å²) in [7, 11) is 0. The molecule has 0 unspecified atom stereocenters. The molecular formula is C50H60O6. The average Bonchev–Trinajstić information content (AvgIpc) is 3.68. The number of hydrogen-bond donors (Lipinski definition) is 5. The molecule has 2 saturated carbocycles. The minimum atomic E-state index is -0.882. The highest BCUT2D eigenvalue weighted by Gasteiger charge is 2.54. The van der Waals surface area contributed by atoms with Crippen molar-refractivity contribution in [3.8, 4) is 5.75 Å². The number of hydrogen-bond acceptors (Lipinski definition) is 5. The molecule has 6 aliphatic carbocycles. The van der Waals surface area contributed by atoms with Crippen LogP contribution in [0, 0.1) is 35.5 Å². The van der Waals surface area contributed by atoms with Gasteiger partial charge < -0.3 is 25.5 Å². The normalized spacial score (nSPS) is 31.9. The number of fused-ring (bicyclic) bond motifs is 6. The van der Waals surface area contributed by atoms with E-state index in [2.05, 4.69) is 60.7 Å². The summed E-state index contributed by atoms with van der Waals surface area (Å²) >= 11 is 0. The Morgan fingerprint density at radius 1 is 0.768 bits per heavy atom. The summed E-state index contributed by atoms with van der Waals surface area (Å²) in [5.41, 5.74) is 4.94. The number of carboxylic acid groups (broad SMARTS) is 1. The smallest absolute Gasteiger partial charge is 0.308 e. The van der Waals surface area contributed by atoms with Crippen molar-refractivity contribution in [1.82, 2.24) is 0 Å². The Kier molecular flexibility index (Phi) is 11.3. The number of aliphatic hydroxyl groups is 3. The molecule has 0 amide bonds. The first-order valence-corrected chi connectivity index (χ1v) is 21.5. The molecule has 0 radical (unpaired) electrons. The summed E-state index contributed by atoms with van der Waals surface area (Å²) in [5, 5.41) is 56.1. The molecule has 2 fully saturated rings. The second kappa shape index (κ2) is 16.4. The van der Waals surface area contributed by atoms with E-state index in [0.717, 1.165) is 80.2 Å². The lowest BCUT2D eigenvalue weighted by molar-refractivity contribution is -0.148. The van der Waals surface area contributed by atoms with Gasteiger partial charge >= 0.3 is 5.97 Å². The lowest BCUT2D eigenvalue weighted by Crippen LogP contribution is -2.51. The van der Waals surface area contributed by atoms with Gasteiger partial charge in [-0.15, -0.1) is 0 Å². The van der Waals surface area contributed by atoms with Gasteiger partial charge in [0.15, 0.2) is 0 Å². The lowest BCUT2D eigenvalue weighted by atomic mass is 9.52. The number of aliphatic hydroxyl groups excluding tert-OH is 3. The van der Waals surface area contributed by atoms with Gasteiger partial charge in [-0.25, -0.2) is 0 Å². The minimum Gasteiger partial charge on any atom is -0.511 e. The van der Waals surface area contributed by atoms with E-state index >= 15 is 0 Å². The first kappa shape index (κ1) is 38.7. The second-order valence-electron chi connectivity index (χ2n) is 18.1. The Labute approximate surface area is 332 Å². The van der Waals surface area contributed by atoms with E-state index in [1.165, 1.54) is 41.5 Å². The summed E-state index contributed by atoms with van der Waals surface area (Å²) in [6.45, 7) is -0.0544. The molecule has 3 aromatic rings. The summed E-state index contributed by atoms with van der Waals surface area (Å²) in [6, 6.07) is 24.6. The van der Waals surface area contributed by atoms with E-state index in [9.17, 15) is 30.3 Å². The zero-order chi connectivity index (χ0) is 38.9. The van der Waals surface area contributed by atoms with Crippen molar-refractivity contribution in [3.63, 3.8) is 0 Å². The van der Waals surface area contributed by atoms with Crippen LogP contribution in [0.4, 0.5) is 0 Å². The maximum Gasteiger partial charge on any atom is 0.308 e. The number of allylic oxidation sites excluding steroid dienone is 2. The van der Waals surface area contributed by atoms with E-state index in [0.29, 0.717) is 30.4 Å². The van der Waals surface area contributed by atoms with E-state index in [4.69, 9.17) is 0 Å². The van der Waals surface area contributed by atoms with E-state index in [1.807, 2.05) is 30.3 Å². The van der Waals surface area contributed by atoms with Gasteiger partial charge in [0.2, 0.25) is 0 Å². The zero-order valence-electron chi connectivity index (χ0n) is 32.8. The van der Waals surface area contributed by atoms with E-state index in [1.54, 1.807) is 0 Å². The van der Waals surface area contributed by atoms with Crippen LogP contribution in [0.3, 0.4) is 0 Å². The third-order valence-corrected chi connectivity index (χ3v) is 15.0. The maximum atomic E-state index is 13.8. The summed E-state index contributed by atoms with van der Waals surface area (Å²) in [4.78, 5) is 13.8. The second-order valence-corrected chi connectivity index (χ2v) is 18.1. The summed E-state index contributed by atoms with van der Waals surface area (Å²) < 4.78 is 0. The molecule has 0 heterocycles. The van der Waals surface area contributed by atoms with Crippen molar-refractivity contribution in [2.24, 2.45) is 35.5 Å². The molecule has 6 heteroatoms. The van der Waals surface area contributed by atoms with Gasteiger partial charge in [0.1, 0.15) is 11.5 Å². The summed E-state index contributed by atoms with van der Waals surface area (Å²) in [5.74, 6) is -0.852. The predicted octanol–water partition coefficient (Wildman–Crippen LogP) is 8.41. The average molecular weight is 757 g/mol. The van der Waals surface area contributed by atoms with Crippen LogP contribution in [0.5, 0.6) is 5.75 Å². The largest absolute Gasteiger partial charge is 0.511 e. The molecule has 5 N–H and O–H groups in total. The number of aliphatic carboxylic acids is 1. The van der Waals surface area contributed by atoms with Crippen LogP contribution in [0.2, 0.25) is 0 Å². The molecule has 3 aromatic carbocycles. The van der Waals surface area contributed by atoms with Gasteiger partial charge in [-0.2, -0.15) is 0 Å². The van der Waals surface area contributed by atoms with Crippen LogP contribution >= 0.6 is 0 Å². The number of unbranched alkanes of at least 4 members (excludes halogenated alkanes) is 3. The van der Waals surface area contributed by atoms with Gasteiger partial charge in [-0.1, -0.05) is 110 Å². The van der Waals surface area contributed by atoms with Crippen molar-refractivity contribution in [2.75, 3.05) is 13.2 Å². The fourth-order valence-electron chi connectivity index (χ4n) is 12.2. The van der Waals surface area contributed by atoms with Gasteiger partial charge in [-0.3, -0.25) is 4.79 Å². The van der Waals surface area contributed by atoms with Gasteiger partial charge in [0, 0.05) is 27.9 Å². The van der Waals surface area contributed by atoms with Crippen LogP contribution in [0.25, 0.3) is 11.8 Å². The van der Waals surface area contributed by atoms with E-state index < -0.39 is 23.2 Å². The van der Waals surface area contributed by atoms with Crippen LogP contribution in [0.15, 0.2) is 96.1 Å². The fraction of sp³-hybridized carbons (Fsp3) is 0.500. The van der Waals surface area contributed by atoms with Crippen molar-refractivity contribution < 1.29 is 30.3 Å². The molecule has 296 valence electrons. The number of phenols is 1. The highest BCUT2D eigenvalue weighted by molar-refractivity contribution is 5.74. The topological polar surface area (TPSA) is 118 Å². The number of aromatic hydroxyl groups is 1.